The summed E-state index contributed by atoms with van der Waals surface area (Å²) in [5, 5.41) is 0. The molecule has 0 spiro atoms. The third-order valence-corrected chi connectivity index (χ3v) is 2.58. The van der Waals surface area contributed by atoms with Crippen LogP contribution < -0.4 is 5.73 Å². The molecule has 0 radical (unpaired) electrons. The Morgan fingerprint density at radius 1 is 1.42 bits per heavy atom. The molecule has 1 heterocycles. The largest absolute Gasteiger partial charge is 0.327 e. The second-order valence-electron chi connectivity index (χ2n) is 3.39. The Morgan fingerprint density at radius 2 is 2.25 bits per heavy atom. The molecule has 12 heavy (non-hydrogen) atoms. The maximum atomic E-state index is 5.49. The third kappa shape index (κ3) is 2.95. The zero-order valence-electron chi connectivity index (χ0n) is 8.05. The lowest BCUT2D eigenvalue weighted by atomic mass is 10.1. The van der Waals surface area contributed by atoms with E-state index in [0.717, 1.165) is 0 Å². The summed E-state index contributed by atoms with van der Waals surface area (Å²) in [5.74, 6) is 0. The fourth-order valence-corrected chi connectivity index (χ4v) is 1.76. The minimum atomic E-state index is 0.710. The number of nitrogens with two attached hydrogens (primary N) is 1. The number of hydrogen-bond donors (Lipinski definition) is 1. The summed E-state index contributed by atoms with van der Waals surface area (Å²) in [7, 11) is 0. The molecule has 0 bridgehead atoms. The number of rotatable bonds is 2. The molecule has 1 aliphatic rings. The fraction of sp³-hybridized carbons (Fsp3) is 0.800. The molecule has 0 aliphatic carbocycles. The average molecular weight is 168 g/mol. The molecule has 0 atom stereocenters. The monoisotopic (exact) mass is 168 g/mol. The molecule has 0 aromatic carbocycles. The van der Waals surface area contributed by atoms with Crippen molar-refractivity contribution in [2.45, 2.75) is 26.2 Å². The van der Waals surface area contributed by atoms with E-state index in [1.165, 1.54) is 38.9 Å². The number of hydrogen-bond acceptors (Lipinski definition) is 2. The first-order valence-electron chi connectivity index (χ1n) is 4.97. The van der Waals surface area contributed by atoms with Gasteiger partial charge in [0.1, 0.15) is 0 Å². The summed E-state index contributed by atoms with van der Waals surface area (Å²) in [4.78, 5) is 2.51. The van der Waals surface area contributed by atoms with E-state index in [0.29, 0.717) is 6.54 Å². The van der Waals surface area contributed by atoms with Crippen molar-refractivity contribution >= 4 is 0 Å². The Morgan fingerprint density at radius 3 is 2.92 bits per heavy atom. The quantitative estimate of drug-likeness (QED) is 0.631. The smallest absolute Gasteiger partial charge is 0.0109 e. The molecule has 2 heteroatoms. The second-order valence-corrected chi connectivity index (χ2v) is 3.39. The van der Waals surface area contributed by atoms with Crippen molar-refractivity contribution in [3.63, 3.8) is 0 Å². The lowest BCUT2D eigenvalue weighted by Gasteiger charge is -2.15. The van der Waals surface area contributed by atoms with Crippen LogP contribution >= 0.6 is 0 Å². The Bertz CT molecular complexity index is 152. The highest BCUT2D eigenvalue weighted by Gasteiger charge is 2.08. The van der Waals surface area contributed by atoms with Gasteiger partial charge in [-0.2, -0.15) is 0 Å². The topological polar surface area (TPSA) is 29.3 Å². The molecule has 1 aliphatic heterocycles. The van der Waals surface area contributed by atoms with E-state index in [1.54, 1.807) is 5.57 Å². The van der Waals surface area contributed by atoms with E-state index >= 15 is 0 Å². The van der Waals surface area contributed by atoms with E-state index in [9.17, 15) is 0 Å². The van der Waals surface area contributed by atoms with Gasteiger partial charge < -0.3 is 10.6 Å². The van der Waals surface area contributed by atoms with Crippen LogP contribution in [0.5, 0.6) is 0 Å². The van der Waals surface area contributed by atoms with Crippen LogP contribution in [0.15, 0.2) is 11.6 Å². The van der Waals surface area contributed by atoms with Gasteiger partial charge in [-0.25, -0.2) is 0 Å². The SMILES string of the molecule is CCN1CCCC(=CCN)CC1. The zero-order valence-corrected chi connectivity index (χ0v) is 8.05. The van der Waals surface area contributed by atoms with Crippen molar-refractivity contribution in [2.24, 2.45) is 5.73 Å². The fourth-order valence-electron chi connectivity index (χ4n) is 1.76. The number of nitrogens with zero attached hydrogens (tertiary/aromatic N) is 1. The van der Waals surface area contributed by atoms with Crippen LogP contribution in [-0.2, 0) is 0 Å². The van der Waals surface area contributed by atoms with Gasteiger partial charge in [-0.3, -0.25) is 0 Å². The molecule has 2 N–H and O–H groups in total. The Balaban J connectivity index is 2.39. The normalized spacial score (nSPS) is 24.3. The van der Waals surface area contributed by atoms with Crippen LogP contribution in [0, 0.1) is 0 Å². The molecule has 0 aromatic rings. The van der Waals surface area contributed by atoms with Gasteiger partial charge in [0, 0.05) is 13.1 Å². The molecule has 0 unspecified atom stereocenters. The standard InChI is InChI=1S/C10H20N2/c1-2-12-8-3-4-10(5-7-11)6-9-12/h5H,2-4,6-9,11H2,1H3. The summed E-state index contributed by atoms with van der Waals surface area (Å²) < 4.78 is 0. The van der Waals surface area contributed by atoms with Crippen molar-refractivity contribution in [1.82, 2.24) is 4.90 Å². The highest BCUT2D eigenvalue weighted by Crippen LogP contribution is 2.15. The van der Waals surface area contributed by atoms with E-state index in [1.807, 2.05) is 0 Å². The van der Waals surface area contributed by atoms with Crippen LogP contribution in [0.3, 0.4) is 0 Å². The van der Waals surface area contributed by atoms with Crippen molar-refractivity contribution < 1.29 is 0 Å². The van der Waals surface area contributed by atoms with Gasteiger partial charge >= 0.3 is 0 Å². The van der Waals surface area contributed by atoms with Gasteiger partial charge in [-0.1, -0.05) is 18.6 Å². The summed E-state index contributed by atoms with van der Waals surface area (Å²) >= 11 is 0. The maximum absolute atomic E-state index is 5.49. The Kier molecular flexibility index (Phi) is 4.33. The minimum absolute atomic E-state index is 0.710. The van der Waals surface area contributed by atoms with E-state index in [2.05, 4.69) is 17.9 Å². The van der Waals surface area contributed by atoms with Crippen LogP contribution in [0.2, 0.25) is 0 Å². The highest BCUT2D eigenvalue weighted by atomic mass is 15.1. The van der Waals surface area contributed by atoms with Gasteiger partial charge in [0.2, 0.25) is 0 Å². The lowest BCUT2D eigenvalue weighted by Crippen LogP contribution is -2.23. The molecular formula is C10H20N2. The average Bonchev–Trinajstić information content (AvgIpc) is 2.31. The van der Waals surface area contributed by atoms with Gasteiger partial charge in [-0.05, 0) is 32.4 Å². The Labute approximate surface area is 75.4 Å². The van der Waals surface area contributed by atoms with Gasteiger partial charge in [0.25, 0.3) is 0 Å². The summed E-state index contributed by atoms with van der Waals surface area (Å²) in [5.41, 5.74) is 7.05. The van der Waals surface area contributed by atoms with Crippen molar-refractivity contribution in [2.75, 3.05) is 26.2 Å². The highest BCUT2D eigenvalue weighted by molar-refractivity contribution is 5.04. The van der Waals surface area contributed by atoms with E-state index in [4.69, 9.17) is 5.73 Å². The van der Waals surface area contributed by atoms with Crippen LogP contribution in [0.1, 0.15) is 26.2 Å². The predicted octanol–water partition coefficient (Wildman–Crippen LogP) is 1.38. The van der Waals surface area contributed by atoms with Crippen LogP contribution in [0.4, 0.5) is 0 Å². The minimum Gasteiger partial charge on any atom is -0.327 e. The van der Waals surface area contributed by atoms with E-state index < -0.39 is 0 Å². The van der Waals surface area contributed by atoms with Crippen molar-refractivity contribution in [3.05, 3.63) is 11.6 Å². The van der Waals surface area contributed by atoms with Crippen LogP contribution in [0.25, 0.3) is 0 Å². The summed E-state index contributed by atoms with van der Waals surface area (Å²) in [6, 6.07) is 0. The molecule has 2 nitrogen and oxygen atoms in total. The van der Waals surface area contributed by atoms with Crippen molar-refractivity contribution in [3.8, 4) is 0 Å². The summed E-state index contributed by atoms with van der Waals surface area (Å²) in [6.07, 6.45) is 5.98. The molecule has 0 saturated carbocycles. The first kappa shape index (κ1) is 9.75. The number of likely N-dealkylation sites (tertiary alicyclic amines) is 1. The first-order chi connectivity index (χ1) is 5.86. The molecular weight excluding hydrogens is 148 g/mol. The molecule has 0 amide bonds. The third-order valence-electron chi connectivity index (χ3n) is 2.58. The summed E-state index contributed by atoms with van der Waals surface area (Å²) in [6.45, 7) is 6.62. The molecule has 70 valence electrons. The van der Waals surface area contributed by atoms with Crippen LogP contribution in [-0.4, -0.2) is 31.1 Å². The molecule has 0 aromatic heterocycles. The van der Waals surface area contributed by atoms with Gasteiger partial charge in [0.15, 0.2) is 0 Å². The zero-order chi connectivity index (χ0) is 8.81. The van der Waals surface area contributed by atoms with Crippen molar-refractivity contribution in [1.29, 1.82) is 0 Å². The van der Waals surface area contributed by atoms with Gasteiger partial charge in [0.05, 0.1) is 0 Å². The Hall–Kier alpha value is -0.340. The first-order valence-corrected chi connectivity index (χ1v) is 4.97. The lowest BCUT2D eigenvalue weighted by molar-refractivity contribution is 0.302. The maximum Gasteiger partial charge on any atom is 0.0109 e. The van der Waals surface area contributed by atoms with Gasteiger partial charge in [-0.15, -0.1) is 0 Å². The molecule has 1 saturated heterocycles. The molecule has 1 fully saturated rings. The molecule has 1 rings (SSSR count). The second kappa shape index (κ2) is 5.33. The predicted molar refractivity (Wildman–Crippen MR) is 53.1 cm³/mol. The van der Waals surface area contributed by atoms with E-state index in [-0.39, 0.29) is 0 Å².